The molecule has 0 aromatic heterocycles. The van der Waals surface area contributed by atoms with Gasteiger partial charge >= 0.3 is 5.97 Å². The molecule has 0 saturated heterocycles. The first-order valence-electron chi connectivity index (χ1n) is 3.62. The molecule has 0 atom stereocenters. The lowest BCUT2D eigenvalue weighted by molar-refractivity contribution is -0.302. The lowest BCUT2D eigenvalue weighted by Gasteiger charge is -2.07. The fourth-order valence-corrected chi connectivity index (χ4v) is 0.643. The van der Waals surface area contributed by atoms with Gasteiger partial charge in [-0.2, -0.15) is 0 Å². The van der Waals surface area contributed by atoms with Gasteiger partial charge in [-0.3, -0.25) is 0 Å². The van der Waals surface area contributed by atoms with E-state index in [1.807, 2.05) is 0 Å². The highest BCUT2D eigenvalue weighted by Gasteiger charge is 1.99. The number of para-hydroxylation sites is 1. The van der Waals surface area contributed by atoms with E-state index in [9.17, 15) is 9.90 Å². The van der Waals surface area contributed by atoms with E-state index in [0.717, 1.165) is 6.92 Å². The van der Waals surface area contributed by atoms with E-state index in [1.54, 1.807) is 0 Å². The van der Waals surface area contributed by atoms with Crippen molar-refractivity contribution in [2.45, 2.75) is 6.92 Å². The highest BCUT2D eigenvalue weighted by Crippen LogP contribution is 2.10. The predicted octanol–water partition coefficient (Wildman–Crippen LogP) is -0.0330. The van der Waals surface area contributed by atoms with Crippen molar-refractivity contribution in [3.8, 4) is 5.75 Å². The second kappa shape index (κ2) is 9.44. The first kappa shape index (κ1) is 19.5. The van der Waals surface area contributed by atoms with E-state index in [1.165, 1.54) is 24.3 Å². The molecule has 0 spiro atoms. The summed E-state index contributed by atoms with van der Waals surface area (Å²) in [6.45, 7) is 0.972. The number of hydrogen-bond donors (Lipinski definition) is 3. The minimum Gasteiger partial charge on any atom is -0.872 e. The normalized spacial score (nSPS) is 7.31. The molecule has 7 heteroatoms. The molecule has 1 aromatic rings. The Morgan fingerprint density at radius 1 is 1.19 bits per heavy atom. The van der Waals surface area contributed by atoms with Gasteiger partial charge in [-0.25, -0.2) is 4.79 Å². The van der Waals surface area contributed by atoms with Crippen molar-refractivity contribution in [3.63, 3.8) is 0 Å². The van der Waals surface area contributed by atoms with E-state index < -0.39 is 17.7 Å². The molecule has 0 unspecified atom stereocenters. The minimum absolute atomic E-state index is 0. The van der Waals surface area contributed by atoms with Gasteiger partial charge in [0.15, 0.2) is 0 Å². The lowest BCUT2D eigenvalue weighted by Crippen LogP contribution is -2.16. The van der Waals surface area contributed by atoms with Crippen LogP contribution in [0, 0.1) is 0 Å². The van der Waals surface area contributed by atoms with E-state index in [4.69, 9.17) is 15.0 Å². The fourth-order valence-electron chi connectivity index (χ4n) is 0.643. The van der Waals surface area contributed by atoms with Crippen molar-refractivity contribution >= 4 is 11.9 Å². The monoisotopic (exact) mass is 232 g/mol. The van der Waals surface area contributed by atoms with Crippen LogP contribution in [0.25, 0.3) is 0 Å². The number of carboxylic acid groups (broad SMARTS) is 2. The van der Waals surface area contributed by atoms with Gasteiger partial charge in [-0.05, 0) is 13.0 Å². The van der Waals surface area contributed by atoms with Crippen LogP contribution < -0.4 is 22.5 Å². The predicted molar refractivity (Wildman–Crippen MR) is 55.5 cm³/mol. The van der Waals surface area contributed by atoms with E-state index in [0.29, 0.717) is 0 Å². The van der Waals surface area contributed by atoms with Crippen LogP contribution in [0.5, 0.6) is 5.75 Å². The number of aliphatic carboxylic acids is 1. The quantitative estimate of drug-likeness (QED) is 0.614. The molecule has 0 fully saturated rings. The van der Waals surface area contributed by atoms with E-state index in [2.05, 4.69) is 0 Å². The molecular weight excluding hydrogens is 216 g/mol. The Balaban J connectivity index is -0.000000249. The van der Waals surface area contributed by atoms with Gasteiger partial charge in [0.05, 0.1) is 5.56 Å². The molecule has 9 N–H and O–H groups in total. The standard InChI is InChI=1S/C7H6O3.C2H4O2.2H3N/c8-6-4-2-1-3-5(6)7(9)10;1-2(3)4;;/h1-4,8H,(H,9,10);1H3,(H,3,4);2*1H3. The molecule has 0 amide bonds. The maximum Gasteiger partial charge on any atom is 0.335 e. The van der Waals surface area contributed by atoms with Crippen molar-refractivity contribution in [3.05, 3.63) is 29.8 Å². The smallest absolute Gasteiger partial charge is 0.335 e. The second-order valence-electron chi connectivity index (χ2n) is 2.29. The first-order chi connectivity index (χ1) is 6.45. The van der Waals surface area contributed by atoms with Crippen LogP contribution in [-0.4, -0.2) is 17.0 Å². The Kier molecular flexibility index (Phi) is 11.5. The van der Waals surface area contributed by atoms with Gasteiger partial charge in [0.1, 0.15) is 0 Å². The summed E-state index contributed by atoms with van der Waals surface area (Å²) in [7, 11) is 0. The zero-order valence-corrected chi connectivity index (χ0v) is 9.39. The van der Waals surface area contributed by atoms with Crippen LogP contribution in [0.1, 0.15) is 17.3 Å². The number of carbonyl (C=O) groups excluding carboxylic acids is 1. The van der Waals surface area contributed by atoms with Crippen molar-refractivity contribution in [2.75, 3.05) is 0 Å². The first-order valence-corrected chi connectivity index (χ1v) is 3.62. The van der Waals surface area contributed by atoms with Crippen LogP contribution >= 0.6 is 0 Å². The number of hydrogen-bond acceptors (Lipinski definition) is 4. The molecule has 0 saturated carbocycles. The Morgan fingerprint density at radius 3 is 1.81 bits per heavy atom. The maximum absolute atomic E-state index is 10.7. The van der Waals surface area contributed by atoms with Gasteiger partial charge in [-0.1, -0.05) is 23.9 Å². The molecule has 0 radical (unpaired) electrons. The molecular formula is C9H16N2O5. The summed E-state index contributed by atoms with van der Waals surface area (Å²) in [4.78, 5) is 19.1. The second-order valence-corrected chi connectivity index (χ2v) is 2.29. The highest BCUT2D eigenvalue weighted by atomic mass is 16.4. The average Bonchev–Trinajstić information content (AvgIpc) is 2.03. The lowest BCUT2D eigenvalue weighted by atomic mass is 10.2. The number of carboxylic acids is 2. The number of carbonyl (C=O) groups is 2. The zero-order valence-electron chi connectivity index (χ0n) is 9.39. The minimum atomic E-state index is -1.18. The summed E-state index contributed by atoms with van der Waals surface area (Å²) in [6, 6.07) is 5.54. The molecule has 0 aliphatic rings. The van der Waals surface area contributed by atoms with E-state index >= 15 is 0 Å². The molecule has 92 valence electrons. The Bertz CT molecular complexity index is 336. The largest absolute Gasteiger partial charge is 0.872 e. The number of quaternary nitrogens is 2. The molecule has 0 aliphatic carbocycles. The maximum atomic E-state index is 10.7. The van der Waals surface area contributed by atoms with Crippen LogP contribution in [0.2, 0.25) is 0 Å². The van der Waals surface area contributed by atoms with Crippen molar-refractivity contribution in [1.82, 2.24) is 12.3 Å². The van der Waals surface area contributed by atoms with Crippen LogP contribution in [-0.2, 0) is 4.79 Å². The Morgan fingerprint density at radius 2 is 1.56 bits per heavy atom. The Hall–Kier alpha value is -2.12. The summed E-state index contributed by atoms with van der Waals surface area (Å²) < 4.78 is 0. The van der Waals surface area contributed by atoms with Gasteiger partial charge in [0.25, 0.3) is 0 Å². The van der Waals surface area contributed by atoms with Crippen molar-refractivity contribution < 1.29 is 24.9 Å². The fraction of sp³-hybridized carbons (Fsp3) is 0.111. The summed E-state index contributed by atoms with van der Waals surface area (Å²) in [5.41, 5.74) is -0.178. The third-order valence-corrected chi connectivity index (χ3v) is 1.12. The van der Waals surface area contributed by atoms with Crippen LogP contribution in [0.15, 0.2) is 24.3 Å². The van der Waals surface area contributed by atoms with Crippen molar-refractivity contribution in [2.24, 2.45) is 0 Å². The third-order valence-electron chi connectivity index (χ3n) is 1.12. The molecule has 1 rings (SSSR count). The molecule has 7 nitrogen and oxygen atoms in total. The summed E-state index contributed by atoms with van der Waals surface area (Å²) in [5.74, 6) is -2.71. The summed E-state index contributed by atoms with van der Waals surface area (Å²) in [6.07, 6.45) is 0. The zero-order chi connectivity index (χ0) is 11.1. The van der Waals surface area contributed by atoms with Crippen LogP contribution in [0.3, 0.4) is 0 Å². The topological polar surface area (TPSA) is 173 Å². The molecule has 1 aromatic carbocycles. The molecule has 0 heterocycles. The van der Waals surface area contributed by atoms with Gasteiger partial charge in [0.2, 0.25) is 0 Å². The van der Waals surface area contributed by atoms with E-state index in [-0.39, 0.29) is 17.9 Å². The van der Waals surface area contributed by atoms with Gasteiger partial charge in [0, 0.05) is 5.97 Å². The van der Waals surface area contributed by atoms with Gasteiger partial charge < -0.3 is 32.4 Å². The molecule has 0 aliphatic heterocycles. The molecule has 16 heavy (non-hydrogen) atoms. The number of aromatic carboxylic acids is 1. The highest BCUT2D eigenvalue weighted by molar-refractivity contribution is 5.90. The Labute approximate surface area is 92.5 Å². The summed E-state index contributed by atoms with van der Waals surface area (Å²) >= 11 is 0. The summed E-state index contributed by atoms with van der Waals surface area (Å²) in [5, 5.41) is 27.9. The molecule has 0 bridgehead atoms. The third kappa shape index (κ3) is 8.48. The SMILES string of the molecule is CC(=O)[O-].O=C(O)c1ccccc1[O-].[NH4+].[NH4+]. The average molecular weight is 232 g/mol. The number of rotatable bonds is 1. The number of benzene rings is 1. The van der Waals surface area contributed by atoms with Crippen LogP contribution in [0.4, 0.5) is 0 Å². The van der Waals surface area contributed by atoms with Gasteiger partial charge in [-0.15, -0.1) is 0 Å². The van der Waals surface area contributed by atoms with Crippen molar-refractivity contribution in [1.29, 1.82) is 0 Å².